The molecule has 2 aliphatic rings. The fraction of sp³-hybridized carbons (Fsp3) is 0.440. The number of nitrogens with two attached hydrogens (primary N) is 1. The summed E-state index contributed by atoms with van der Waals surface area (Å²) < 4.78 is 25.8. The van der Waals surface area contributed by atoms with Gasteiger partial charge in [-0.05, 0) is 43.4 Å². The summed E-state index contributed by atoms with van der Waals surface area (Å²) in [6.07, 6.45) is 7.43. The van der Waals surface area contributed by atoms with Gasteiger partial charge in [-0.2, -0.15) is 0 Å². The van der Waals surface area contributed by atoms with Crippen molar-refractivity contribution in [1.82, 2.24) is 19.9 Å². The molecule has 2 fully saturated rings. The highest BCUT2D eigenvalue weighted by atomic mass is 19.1. The zero-order valence-electron chi connectivity index (χ0n) is 19.7. The van der Waals surface area contributed by atoms with Crippen LogP contribution in [0.15, 0.2) is 30.6 Å². The third kappa shape index (κ3) is 4.89. The molecule has 1 amide bonds. The standard InChI is InChI=1S/C25H29FN6O3/c1-34-17-5-3-16(4-6-17)30-25-29-14-20-22(31-25)19(13-28-23(20)27)15-2-7-18(21(26)12-15)24(33)32-8-10-35-11-9-32/h2,7,12-14,16-17H,3-6,8-11H2,1H3,(H2,27,28)(H,29,30,31). The minimum Gasteiger partial charge on any atom is -0.383 e. The van der Waals surface area contributed by atoms with E-state index in [1.54, 1.807) is 30.5 Å². The van der Waals surface area contributed by atoms with Gasteiger partial charge in [0.15, 0.2) is 0 Å². The van der Waals surface area contributed by atoms with Crippen molar-refractivity contribution in [2.24, 2.45) is 0 Å². The SMILES string of the molecule is COC1CCC(Nc2ncc3c(N)ncc(-c4ccc(C(=O)N5CCOCC5)c(F)c4)c3n2)CC1. The van der Waals surface area contributed by atoms with Crippen LogP contribution in [0.25, 0.3) is 22.0 Å². The zero-order chi connectivity index (χ0) is 24.4. The number of carbonyl (C=O) groups is 1. The minimum atomic E-state index is -0.591. The number of benzene rings is 1. The fourth-order valence-electron chi connectivity index (χ4n) is 4.74. The van der Waals surface area contributed by atoms with Crippen molar-refractivity contribution in [3.05, 3.63) is 42.0 Å². The number of morpholine rings is 1. The van der Waals surface area contributed by atoms with Gasteiger partial charge < -0.3 is 25.4 Å². The van der Waals surface area contributed by atoms with E-state index in [1.807, 2.05) is 0 Å². The Hall–Kier alpha value is -3.37. The molecule has 35 heavy (non-hydrogen) atoms. The molecule has 1 aliphatic carbocycles. The van der Waals surface area contributed by atoms with Gasteiger partial charge in [0.1, 0.15) is 11.6 Å². The fourth-order valence-corrected chi connectivity index (χ4v) is 4.74. The normalized spacial score (nSPS) is 20.7. The largest absolute Gasteiger partial charge is 0.383 e. The molecule has 3 aromatic rings. The first kappa shape index (κ1) is 23.4. The Bertz CT molecular complexity index is 1230. The van der Waals surface area contributed by atoms with Crippen LogP contribution in [0, 0.1) is 5.82 Å². The van der Waals surface area contributed by atoms with Crippen LogP contribution < -0.4 is 11.1 Å². The van der Waals surface area contributed by atoms with Crippen molar-refractivity contribution in [2.45, 2.75) is 37.8 Å². The second-order valence-electron chi connectivity index (χ2n) is 8.97. The number of methoxy groups -OCH3 is 1. The van der Waals surface area contributed by atoms with Crippen molar-refractivity contribution in [3.63, 3.8) is 0 Å². The second-order valence-corrected chi connectivity index (χ2v) is 8.97. The summed E-state index contributed by atoms with van der Waals surface area (Å²) in [6.45, 7) is 1.82. The summed E-state index contributed by atoms with van der Waals surface area (Å²) in [6, 6.07) is 4.83. The topological polar surface area (TPSA) is 115 Å². The second kappa shape index (κ2) is 10.1. The predicted molar refractivity (Wildman–Crippen MR) is 131 cm³/mol. The van der Waals surface area contributed by atoms with Crippen molar-refractivity contribution in [2.75, 3.05) is 44.5 Å². The lowest BCUT2D eigenvalue weighted by Crippen LogP contribution is -2.41. The van der Waals surface area contributed by atoms with Crippen LogP contribution in [0.5, 0.6) is 0 Å². The van der Waals surface area contributed by atoms with Gasteiger partial charge in [-0.1, -0.05) is 6.07 Å². The molecule has 2 aromatic heterocycles. The summed E-state index contributed by atoms with van der Waals surface area (Å²) in [5.74, 6) is -0.138. The third-order valence-corrected chi connectivity index (χ3v) is 6.80. The molecule has 1 aliphatic heterocycles. The number of pyridine rings is 1. The number of fused-ring (bicyclic) bond motifs is 1. The Labute approximate surface area is 202 Å². The molecule has 10 heteroatoms. The van der Waals surface area contributed by atoms with Gasteiger partial charge in [-0.15, -0.1) is 0 Å². The molecule has 5 rings (SSSR count). The van der Waals surface area contributed by atoms with E-state index in [9.17, 15) is 4.79 Å². The molecule has 0 unspecified atom stereocenters. The number of hydrogen-bond acceptors (Lipinski definition) is 8. The Morgan fingerprint density at radius 1 is 1.17 bits per heavy atom. The smallest absolute Gasteiger partial charge is 0.256 e. The number of rotatable bonds is 5. The molecule has 0 radical (unpaired) electrons. The quantitative estimate of drug-likeness (QED) is 0.572. The van der Waals surface area contributed by atoms with E-state index < -0.39 is 5.82 Å². The molecular weight excluding hydrogens is 451 g/mol. The Kier molecular flexibility index (Phi) is 6.74. The van der Waals surface area contributed by atoms with Gasteiger partial charge in [-0.3, -0.25) is 4.79 Å². The number of nitrogens with one attached hydrogen (secondary N) is 1. The number of carbonyl (C=O) groups excluding carboxylic acids is 1. The molecule has 0 bridgehead atoms. The Balaban J connectivity index is 1.43. The maximum Gasteiger partial charge on any atom is 0.256 e. The van der Waals surface area contributed by atoms with E-state index in [4.69, 9.17) is 20.2 Å². The van der Waals surface area contributed by atoms with Crippen LogP contribution in [-0.2, 0) is 9.47 Å². The van der Waals surface area contributed by atoms with Gasteiger partial charge >= 0.3 is 0 Å². The lowest BCUT2D eigenvalue weighted by molar-refractivity contribution is 0.0300. The maximum absolute atomic E-state index is 15.1. The highest BCUT2D eigenvalue weighted by Crippen LogP contribution is 2.31. The number of amides is 1. The lowest BCUT2D eigenvalue weighted by atomic mass is 9.93. The monoisotopic (exact) mass is 480 g/mol. The van der Waals surface area contributed by atoms with Crippen molar-refractivity contribution in [3.8, 4) is 11.1 Å². The first-order valence-electron chi connectivity index (χ1n) is 11.9. The Morgan fingerprint density at radius 2 is 1.94 bits per heavy atom. The van der Waals surface area contributed by atoms with Gasteiger partial charge in [0.2, 0.25) is 5.95 Å². The molecule has 0 spiro atoms. The highest BCUT2D eigenvalue weighted by molar-refractivity contribution is 5.99. The summed E-state index contributed by atoms with van der Waals surface area (Å²) in [5.41, 5.74) is 7.87. The summed E-state index contributed by atoms with van der Waals surface area (Å²) in [7, 11) is 1.75. The van der Waals surface area contributed by atoms with E-state index in [0.717, 1.165) is 25.7 Å². The average molecular weight is 481 g/mol. The number of aromatic nitrogens is 3. The van der Waals surface area contributed by atoms with Crippen LogP contribution >= 0.6 is 0 Å². The summed E-state index contributed by atoms with van der Waals surface area (Å²) in [4.78, 5) is 27.8. The minimum absolute atomic E-state index is 0.0343. The van der Waals surface area contributed by atoms with E-state index in [2.05, 4.69) is 15.3 Å². The number of anilines is 2. The van der Waals surface area contributed by atoms with Crippen molar-refractivity contribution >= 4 is 28.6 Å². The number of nitrogen functional groups attached to an aromatic ring is 1. The number of halogens is 1. The molecule has 9 nitrogen and oxygen atoms in total. The van der Waals surface area contributed by atoms with Crippen LogP contribution in [0.3, 0.4) is 0 Å². The summed E-state index contributed by atoms with van der Waals surface area (Å²) >= 11 is 0. The van der Waals surface area contributed by atoms with Gasteiger partial charge in [0.05, 0.1) is 35.8 Å². The van der Waals surface area contributed by atoms with E-state index in [-0.39, 0.29) is 17.5 Å². The van der Waals surface area contributed by atoms with E-state index >= 15 is 4.39 Å². The van der Waals surface area contributed by atoms with Crippen molar-refractivity contribution in [1.29, 1.82) is 0 Å². The molecule has 3 N–H and O–H groups in total. The predicted octanol–water partition coefficient (Wildman–Crippen LogP) is 3.26. The third-order valence-electron chi connectivity index (χ3n) is 6.80. The van der Waals surface area contributed by atoms with Gasteiger partial charge in [0, 0.05) is 44.2 Å². The Morgan fingerprint density at radius 3 is 2.66 bits per heavy atom. The molecule has 0 atom stereocenters. The van der Waals surface area contributed by atoms with Crippen LogP contribution in [0.1, 0.15) is 36.0 Å². The van der Waals surface area contributed by atoms with Gasteiger partial charge in [0.25, 0.3) is 5.91 Å². The molecule has 3 heterocycles. The maximum atomic E-state index is 15.1. The molecule has 1 saturated carbocycles. The number of hydrogen-bond donors (Lipinski definition) is 2. The van der Waals surface area contributed by atoms with Crippen molar-refractivity contribution < 1.29 is 18.7 Å². The van der Waals surface area contributed by atoms with Crippen LogP contribution in [0.2, 0.25) is 0 Å². The molecule has 184 valence electrons. The van der Waals surface area contributed by atoms with Gasteiger partial charge in [-0.25, -0.2) is 19.3 Å². The first-order chi connectivity index (χ1) is 17.0. The summed E-state index contributed by atoms with van der Waals surface area (Å²) in [5, 5.41) is 4.00. The van der Waals surface area contributed by atoms with E-state index in [1.165, 1.54) is 12.1 Å². The zero-order valence-corrected chi connectivity index (χ0v) is 19.7. The molecule has 1 aromatic carbocycles. The van der Waals surface area contributed by atoms with Crippen LogP contribution in [-0.4, -0.2) is 71.3 Å². The number of nitrogens with zero attached hydrogens (tertiary/aromatic N) is 4. The number of ether oxygens (including phenoxy) is 2. The lowest BCUT2D eigenvalue weighted by Gasteiger charge is -2.28. The van der Waals surface area contributed by atoms with Crippen LogP contribution in [0.4, 0.5) is 16.2 Å². The molecule has 1 saturated heterocycles. The molecular formula is C25H29FN6O3. The van der Waals surface area contributed by atoms with E-state index in [0.29, 0.717) is 66.2 Å². The first-order valence-corrected chi connectivity index (χ1v) is 11.9. The average Bonchev–Trinajstić information content (AvgIpc) is 2.89. The highest BCUT2D eigenvalue weighted by Gasteiger charge is 2.23.